The number of fused-ring (bicyclic) bond motifs is 1. The van der Waals surface area contributed by atoms with Crippen molar-refractivity contribution in [3.8, 4) is 22.8 Å². The molecule has 8 nitrogen and oxygen atoms in total. The fourth-order valence-corrected chi connectivity index (χ4v) is 5.33. The van der Waals surface area contributed by atoms with Crippen molar-refractivity contribution in [2.75, 3.05) is 38.5 Å². The van der Waals surface area contributed by atoms with Crippen LogP contribution in [0.1, 0.15) is 27.0 Å². The quantitative estimate of drug-likeness (QED) is 0.261. The van der Waals surface area contributed by atoms with E-state index in [0.29, 0.717) is 17.1 Å². The zero-order valence-corrected chi connectivity index (χ0v) is 24.6. The number of nitrogens with one attached hydrogen (secondary N) is 1. The number of nitrogens with zero attached hydrogens (tertiary/aromatic N) is 5. The summed E-state index contributed by atoms with van der Waals surface area (Å²) >= 11 is 0. The average molecular weight is 561 g/mol. The molecule has 8 heteroatoms. The molecular formula is C34H36N6O2. The molecule has 1 amide bonds. The summed E-state index contributed by atoms with van der Waals surface area (Å²) in [5.74, 6) is 1.13. The summed E-state index contributed by atoms with van der Waals surface area (Å²) in [5.41, 5.74) is 7.27. The first-order chi connectivity index (χ1) is 20.3. The number of anilines is 1. The van der Waals surface area contributed by atoms with Crippen LogP contribution in [0.3, 0.4) is 0 Å². The summed E-state index contributed by atoms with van der Waals surface area (Å²) in [6.45, 7) is 9.36. The Morgan fingerprint density at radius 3 is 2.43 bits per heavy atom. The van der Waals surface area contributed by atoms with E-state index in [1.165, 1.54) is 11.1 Å². The number of aromatic nitrogens is 3. The highest BCUT2D eigenvalue weighted by atomic mass is 16.5. The van der Waals surface area contributed by atoms with Crippen molar-refractivity contribution < 1.29 is 9.53 Å². The second-order valence-corrected chi connectivity index (χ2v) is 11.2. The van der Waals surface area contributed by atoms with Crippen molar-refractivity contribution in [3.05, 3.63) is 102 Å². The van der Waals surface area contributed by atoms with Crippen molar-refractivity contribution in [1.82, 2.24) is 24.3 Å². The van der Waals surface area contributed by atoms with Gasteiger partial charge < -0.3 is 19.5 Å². The van der Waals surface area contributed by atoms with Crippen LogP contribution in [0.5, 0.6) is 11.5 Å². The predicted molar refractivity (Wildman–Crippen MR) is 167 cm³/mol. The lowest BCUT2D eigenvalue weighted by Gasteiger charge is -2.32. The molecular weight excluding hydrogens is 524 g/mol. The molecule has 1 aliphatic heterocycles. The Morgan fingerprint density at radius 2 is 1.67 bits per heavy atom. The fourth-order valence-electron chi connectivity index (χ4n) is 5.33. The van der Waals surface area contributed by atoms with E-state index in [9.17, 15) is 4.79 Å². The van der Waals surface area contributed by atoms with Gasteiger partial charge in [0.2, 0.25) is 0 Å². The van der Waals surface area contributed by atoms with Crippen LogP contribution in [-0.2, 0) is 13.6 Å². The zero-order chi connectivity index (χ0) is 29.2. The van der Waals surface area contributed by atoms with Gasteiger partial charge in [0.1, 0.15) is 17.1 Å². The third-order valence-electron chi connectivity index (χ3n) is 8.04. The van der Waals surface area contributed by atoms with Gasteiger partial charge in [-0.2, -0.15) is 0 Å². The molecule has 0 spiro atoms. The van der Waals surface area contributed by atoms with Crippen molar-refractivity contribution in [3.63, 3.8) is 0 Å². The molecule has 4 heterocycles. The van der Waals surface area contributed by atoms with Gasteiger partial charge in [-0.25, -0.2) is 4.98 Å². The van der Waals surface area contributed by atoms with E-state index in [2.05, 4.69) is 46.2 Å². The molecule has 1 aliphatic rings. The minimum atomic E-state index is -0.178. The van der Waals surface area contributed by atoms with Gasteiger partial charge in [-0.15, -0.1) is 0 Å². The van der Waals surface area contributed by atoms with Crippen LogP contribution in [0, 0.1) is 13.8 Å². The molecule has 0 bridgehead atoms. The lowest BCUT2D eigenvalue weighted by molar-refractivity contribution is 0.102. The van der Waals surface area contributed by atoms with Gasteiger partial charge in [-0.1, -0.05) is 12.1 Å². The molecule has 1 saturated heterocycles. The Morgan fingerprint density at radius 1 is 0.881 bits per heavy atom. The van der Waals surface area contributed by atoms with E-state index >= 15 is 0 Å². The molecule has 6 rings (SSSR count). The van der Waals surface area contributed by atoms with Crippen molar-refractivity contribution in [1.29, 1.82) is 0 Å². The van der Waals surface area contributed by atoms with Crippen LogP contribution in [0.4, 0.5) is 5.69 Å². The van der Waals surface area contributed by atoms with Gasteiger partial charge in [0.15, 0.2) is 0 Å². The largest absolute Gasteiger partial charge is 0.456 e. The third kappa shape index (κ3) is 5.91. The van der Waals surface area contributed by atoms with E-state index < -0.39 is 0 Å². The average Bonchev–Trinajstić information content (AvgIpc) is 3.37. The number of benzene rings is 2. The fraction of sp³-hybridized carbons (Fsp3) is 0.265. The molecule has 2 aromatic carbocycles. The highest BCUT2D eigenvalue weighted by Gasteiger charge is 2.17. The van der Waals surface area contributed by atoms with E-state index in [-0.39, 0.29) is 5.91 Å². The second-order valence-electron chi connectivity index (χ2n) is 11.2. The number of rotatable bonds is 7. The summed E-state index contributed by atoms with van der Waals surface area (Å²) in [5, 5.41) is 3.98. The summed E-state index contributed by atoms with van der Waals surface area (Å²) in [4.78, 5) is 27.2. The Kier molecular flexibility index (Phi) is 7.73. The SMILES string of the molecule is Cc1cc(NC(=O)c2ccc(C)c(Oc3cc(-c4ccncc4)nc4c3ccn4C)c2)ccc1CN1CCN(C)CC1. The van der Waals surface area contributed by atoms with Gasteiger partial charge in [0.25, 0.3) is 5.91 Å². The molecule has 1 fully saturated rings. The summed E-state index contributed by atoms with van der Waals surface area (Å²) in [6, 6.07) is 19.5. The summed E-state index contributed by atoms with van der Waals surface area (Å²) in [6.07, 6.45) is 5.47. The number of ether oxygens (including phenoxy) is 1. The summed E-state index contributed by atoms with van der Waals surface area (Å²) < 4.78 is 8.47. The van der Waals surface area contributed by atoms with Crippen LogP contribution >= 0.6 is 0 Å². The van der Waals surface area contributed by atoms with E-state index in [4.69, 9.17) is 9.72 Å². The third-order valence-corrected chi connectivity index (χ3v) is 8.04. The number of pyridine rings is 2. The lowest BCUT2D eigenvalue weighted by atomic mass is 10.1. The van der Waals surface area contributed by atoms with Crippen molar-refractivity contribution in [2.45, 2.75) is 20.4 Å². The predicted octanol–water partition coefficient (Wildman–Crippen LogP) is 6.04. The van der Waals surface area contributed by atoms with E-state index in [0.717, 1.165) is 66.3 Å². The van der Waals surface area contributed by atoms with Gasteiger partial charge in [-0.3, -0.25) is 14.7 Å². The number of carbonyl (C=O) groups is 1. The minimum Gasteiger partial charge on any atom is -0.456 e. The van der Waals surface area contributed by atoms with E-state index in [1.54, 1.807) is 18.5 Å². The maximum absolute atomic E-state index is 13.3. The molecule has 3 aromatic heterocycles. The smallest absolute Gasteiger partial charge is 0.255 e. The second kappa shape index (κ2) is 11.8. The number of carbonyl (C=O) groups excluding carboxylic acids is 1. The normalized spacial score (nSPS) is 14.3. The van der Waals surface area contributed by atoms with Crippen molar-refractivity contribution >= 4 is 22.6 Å². The van der Waals surface area contributed by atoms with Gasteiger partial charge in [0, 0.05) is 81.2 Å². The molecule has 0 radical (unpaired) electrons. The first-order valence-corrected chi connectivity index (χ1v) is 14.3. The van der Waals surface area contributed by atoms with Crippen LogP contribution in [-0.4, -0.2) is 63.5 Å². The highest BCUT2D eigenvalue weighted by Crippen LogP contribution is 2.35. The Labute approximate surface area is 246 Å². The zero-order valence-electron chi connectivity index (χ0n) is 24.6. The van der Waals surface area contributed by atoms with Crippen molar-refractivity contribution in [2.24, 2.45) is 7.05 Å². The van der Waals surface area contributed by atoms with Gasteiger partial charge >= 0.3 is 0 Å². The first-order valence-electron chi connectivity index (χ1n) is 14.3. The molecule has 1 N–H and O–H groups in total. The van der Waals surface area contributed by atoms with E-state index in [1.807, 2.05) is 67.2 Å². The number of likely N-dealkylation sites (N-methyl/N-ethyl adjacent to an activating group) is 1. The summed E-state index contributed by atoms with van der Waals surface area (Å²) in [7, 11) is 4.14. The topological polar surface area (TPSA) is 75.5 Å². The molecule has 42 heavy (non-hydrogen) atoms. The number of aryl methyl sites for hydroxylation is 3. The van der Waals surface area contributed by atoms with Crippen LogP contribution in [0.25, 0.3) is 22.3 Å². The lowest BCUT2D eigenvalue weighted by Crippen LogP contribution is -2.43. The molecule has 214 valence electrons. The molecule has 5 aromatic rings. The minimum absolute atomic E-state index is 0.178. The Bertz CT molecular complexity index is 1740. The standard InChI is InChI=1S/C34H36N6O2/c1-23-5-6-26(34(41)36-28-8-7-27(24(2)19-28)22-40-17-15-38(3)16-18-40)20-31(23)42-32-21-30(25-9-12-35-13-10-25)37-33-29(32)11-14-39(33)4/h5-14,19-21H,15-18,22H2,1-4H3,(H,36,41). The monoisotopic (exact) mass is 560 g/mol. The first kappa shape index (κ1) is 27.6. The van der Waals surface area contributed by atoms with Gasteiger partial charge in [-0.05, 0) is 80.1 Å². The molecule has 0 unspecified atom stereocenters. The number of hydrogen-bond donors (Lipinski definition) is 1. The number of hydrogen-bond acceptors (Lipinski definition) is 6. The maximum Gasteiger partial charge on any atom is 0.255 e. The molecule has 0 atom stereocenters. The van der Waals surface area contributed by atoms with Crippen LogP contribution in [0.15, 0.2) is 79.3 Å². The maximum atomic E-state index is 13.3. The van der Waals surface area contributed by atoms with Gasteiger partial charge in [0.05, 0.1) is 11.1 Å². The Hall–Kier alpha value is -4.53. The Balaban J connectivity index is 1.21. The van der Waals surface area contributed by atoms with Crippen LogP contribution in [0.2, 0.25) is 0 Å². The molecule has 0 saturated carbocycles. The van der Waals surface area contributed by atoms with Crippen LogP contribution < -0.4 is 10.1 Å². The highest BCUT2D eigenvalue weighted by molar-refractivity contribution is 6.04. The number of amides is 1. The molecule has 0 aliphatic carbocycles. The number of piperazine rings is 1.